The van der Waals surface area contributed by atoms with Crippen molar-refractivity contribution in [2.75, 3.05) is 0 Å². The monoisotopic (exact) mass is 378 g/mol. The molecule has 1 aliphatic rings. The molecule has 2 aromatic heterocycles. The average molecular weight is 378 g/mol. The zero-order valence-electron chi connectivity index (χ0n) is 14.3. The molecule has 0 radical (unpaired) electrons. The van der Waals surface area contributed by atoms with Crippen molar-refractivity contribution < 1.29 is 23.0 Å². The van der Waals surface area contributed by atoms with Crippen LogP contribution in [0, 0.1) is 0 Å². The van der Waals surface area contributed by atoms with Crippen molar-refractivity contribution in [3.05, 3.63) is 66.5 Å². The van der Waals surface area contributed by atoms with Crippen LogP contribution in [0.2, 0.25) is 0 Å². The number of carbonyl (C=O) groups excluding carboxylic acids is 1. The van der Waals surface area contributed by atoms with Crippen LogP contribution in [-0.2, 0) is 0 Å². The third kappa shape index (κ3) is 2.60. The molecule has 0 unspecified atom stereocenters. The van der Waals surface area contributed by atoms with Crippen LogP contribution in [0.15, 0.2) is 60.9 Å². The minimum Gasteiger partial charge on any atom is -0.395 e. The average Bonchev–Trinajstić information content (AvgIpc) is 3.26. The lowest BCUT2D eigenvalue weighted by atomic mass is 10.0. The predicted octanol–water partition coefficient (Wildman–Crippen LogP) is 5.03. The van der Waals surface area contributed by atoms with Gasteiger partial charge in [-0.05, 0) is 23.8 Å². The van der Waals surface area contributed by atoms with Crippen molar-refractivity contribution >= 4 is 17.3 Å². The zero-order chi connectivity index (χ0) is 19.3. The summed E-state index contributed by atoms with van der Waals surface area (Å²) in [6.45, 7) is 0. The van der Waals surface area contributed by atoms with Gasteiger partial charge in [0.25, 0.3) is 0 Å². The summed E-state index contributed by atoms with van der Waals surface area (Å²) >= 11 is 0. The number of aromatic nitrogens is 2. The van der Waals surface area contributed by atoms with Gasteiger partial charge >= 0.3 is 6.29 Å². The van der Waals surface area contributed by atoms with E-state index in [9.17, 15) is 13.6 Å². The Morgan fingerprint density at radius 2 is 1.86 bits per heavy atom. The lowest BCUT2D eigenvalue weighted by molar-refractivity contribution is -0.286. The fraction of sp³-hybridized carbons (Fsp3) is 0.0476. The van der Waals surface area contributed by atoms with Gasteiger partial charge in [-0.25, -0.2) is 4.98 Å². The molecule has 7 heteroatoms. The Hall–Kier alpha value is -3.74. The zero-order valence-corrected chi connectivity index (χ0v) is 14.3. The number of nitrogens with zero attached hydrogens (tertiary/aromatic N) is 1. The molecule has 28 heavy (non-hydrogen) atoms. The van der Waals surface area contributed by atoms with Crippen molar-refractivity contribution in [1.29, 1.82) is 0 Å². The van der Waals surface area contributed by atoms with E-state index in [-0.39, 0.29) is 11.5 Å². The summed E-state index contributed by atoms with van der Waals surface area (Å²) in [5, 5.41) is 0.737. The van der Waals surface area contributed by atoms with E-state index >= 15 is 0 Å². The van der Waals surface area contributed by atoms with E-state index in [1.54, 1.807) is 42.7 Å². The Labute approximate surface area is 157 Å². The number of para-hydroxylation sites is 1. The van der Waals surface area contributed by atoms with Crippen LogP contribution in [0.1, 0.15) is 10.4 Å². The molecule has 0 fully saturated rings. The minimum absolute atomic E-state index is 0.0123. The first-order valence-corrected chi connectivity index (χ1v) is 8.46. The normalized spacial score (nSPS) is 14.4. The summed E-state index contributed by atoms with van der Waals surface area (Å²) in [7, 11) is 0. The largest absolute Gasteiger partial charge is 0.586 e. The molecule has 0 atom stereocenters. The van der Waals surface area contributed by atoms with Crippen molar-refractivity contribution in [2.24, 2.45) is 0 Å². The van der Waals surface area contributed by atoms with Crippen LogP contribution >= 0.6 is 0 Å². The first kappa shape index (κ1) is 16.4. The van der Waals surface area contributed by atoms with Gasteiger partial charge in [-0.2, -0.15) is 0 Å². The number of aromatic amines is 1. The van der Waals surface area contributed by atoms with Crippen LogP contribution in [0.3, 0.4) is 0 Å². The summed E-state index contributed by atoms with van der Waals surface area (Å²) in [6.07, 6.45) is 0.472. The molecule has 1 aliphatic heterocycles. The number of ether oxygens (including phenoxy) is 2. The van der Waals surface area contributed by atoms with Gasteiger partial charge in [0.1, 0.15) is 11.9 Å². The fourth-order valence-electron chi connectivity index (χ4n) is 3.36. The summed E-state index contributed by atoms with van der Waals surface area (Å²) in [6, 6.07) is 13.8. The van der Waals surface area contributed by atoms with Crippen LogP contribution in [0.4, 0.5) is 8.78 Å². The van der Waals surface area contributed by atoms with E-state index in [2.05, 4.69) is 14.7 Å². The number of fused-ring (bicyclic) bond motifs is 2. The quantitative estimate of drug-likeness (QED) is 0.508. The number of hydrogen-bond donors (Lipinski definition) is 1. The number of nitrogens with one attached hydrogen (secondary N) is 1. The second kappa shape index (κ2) is 5.88. The maximum Gasteiger partial charge on any atom is 0.586 e. The number of pyridine rings is 1. The Morgan fingerprint density at radius 3 is 2.71 bits per heavy atom. The fourth-order valence-corrected chi connectivity index (χ4v) is 3.36. The second-order valence-electron chi connectivity index (χ2n) is 6.37. The molecule has 2 aromatic carbocycles. The molecule has 0 spiro atoms. The number of benzene rings is 2. The molecule has 3 heterocycles. The van der Waals surface area contributed by atoms with E-state index in [0.29, 0.717) is 22.3 Å². The first-order valence-electron chi connectivity index (χ1n) is 8.46. The van der Waals surface area contributed by atoms with Gasteiger partial charge in [0.05, 0.1) is 0 Å². The van der Waals surface area contributed by atoms with Crippen molar-refractivity contribution in [3.63, 3.8) is 0 Å². The summed E-state index contributed by atoms with van der Waals surface area (Å²) in [5.74, 6) is -0.0265. The summed E-state index contributed by atoms with van der Waals surface area (Å²) in [4.78, 5) is 18.5. The van der Waals surface area contributed by atoms with Crippen LogP contribution in [-0.4, -0.2) is 22.5 Å². The molecular formula is C21H12F2N2O3. The maximum absolute atomic E-state index is 13.5. The number of hydrogen-bond acceptors (Lipinski definition) is 4. The van der Waals surface area contributed by atoms with E-state index in [1.165, 1.54) is 6.07 Å². The molecular weight excluding hydrogens is 366 g/mol. The highest BCUT2D eigenvalue weighted by molar-refractivity contribution is 5.98. The Bertz CT molecular complexity index is 1230. The van der Waals surface area contributed by atoms with E-state index < -0.39 is 6.29 Å². The van der Waals surface area contributed by atoms with E-state index in [4.69, 9.17) is 4.74 Å². The highest BCUT2D eigenvalue weighted by Gasteiger charge is 2.44. The van der Waals surface area contributed by atoms with Gasteiger partial charge in [-0.3, -0.25) is 4.79 Å². The second-order valence-corrected chi connectivity index (χ2v) is 6.37. The SMILES string of the molecule is O=Cc1cccc(-c2cnc3[nH]cc(-c4cccc5c4OC(F)(F)O5)c3c2)c1. The van der Waals surface area contributed by atoms with Gasteiger partial charge in [0.15, 0.2) is 11.5 Å². The molecule has 5 rings (SSSR count). The minimum atomic E-state index is -3.69. The number of halogens is 2. The molecule has 5 nitrogen and oxygen atoms in total. The van der Waals surface area contributed by atoms with E-state index in [1.807, 2.05) is 12.1 Å². The standard InChI is InChI=1S/C21H12F2N2O3/c22-21(23)27-18-6-2-5-15(19(18)28-21)17-10-25-20-16(17)8-14(9-24-20)13-4-1-3-12(7-13)11-26/h1-11H,(H,24,25). The molecule has 0 amide bonds. The molecule has 138 valence electrons. The number of alkyl halides is 2. The highest BCUT2D eigenvalue weighted by atomic mass is 19.3. The number of rotatable bonds is 3. The smallest absolute Gasteiger partial charge is 0.395 e. The lowest BCUT2D eigenvalue weighted by Gasteiger charge is -2.07. The summed E-state index contributed by atoms with van der Waals surface area (Å²) < 4.78 is 36.3. The third-order valence-corrected chi connectivity index (χ3v) is 4.61. The van der Waals surface area contributed by atoms with Crippen LogP contribution < -0.4 is 9.47 Å². The molecule has 0 saturated heterocycles. The van der Waals surface area contributed by atoms with Crippen molar-refractivity contribution in [3.8, 4) is 33.8 Å². The number of carbonyl (C=O) groups is 1. The first-order chi connectivity index (χ1) is 13.5. The molecule has 1 N–H and O–H groups in total. The predicted molar refractivity (Wildman–Crippen MR) is 98.6 cm³/mol. The van der Waals surface area contributed by atoms with Crippen molar-refractivity contribution in [1.82, 2.24) is 9.97 Å². The maximum atomic E-state index is 13.5. The van der Waals surface area contributed by atoms with Crippen LogP contribution in [0.25, 0.3) is 33.3 Å². The molecule has 4 aromatic rings. The topological polar surface area (TPSA) is 64.2 Å². The third-order valence-electron chi connectivity index (χ3n) is 4.61. The molecule has 0 aliphatic carbocycles. The molecule has 0 bridgehead atoms. The van der Waals surface area contributed by atoms with Gasteiger partial charge in [-0.1, -0.05) is 30.3 Å². The van der Waals surface area contributed by atoms with Gasteiger partial charge in [0, 0.05) is 40.0 Å². The van der Waals surface area contributed by atoms with Crippen LogP contribution in [0.5, 0.6) is 11.5 Å². The van der Waals surface area contributed by atoms with Crippen molar-refractivity contribution in [2.45, 2.75) is 6.29 Å². The van der Waals surface area contributed by atoms with Gasteiger partial charge in [-0.15, -0.1) is 8.78 Å². The number of H-pyrrole nitrogens is 1. The van der Waals surface area contributed by atoms with E-state index in [0.717, 1.165) is 22.8 Å². The van der Waals surface area contributed by atoms with Gasteiger partial charge in [0.2, 0.25) is 0 Å². The highest BCUT2D eigenvalue weighted by Crippen LogP contribution is 2.48. The Kier molecular flexibility index (Phi) is 3.45. The van der Waals surface area contributed by atoms with Gasteiger partial charge < -0.3 is 14.5 Å². The molecule has 0 saturated carbocycles. The lowest BCUT2D eigenvalue weighted by Crippen LogP contribution is -2.26. The Morgan fingerprint density at radius 1 is 1.00 bits per heavy atom. The number of aldehydes is 1. The Balaban J connectivity index is 1.67. The summed E-state index contributed by atoms with van der Waals surface area (Å²) in [5.41, 5.74) is 3.92.